The molecule has 0 aromatic carbocycles. The number of halogens is 1. The van der Waals surface area contributed by atoms with E-state index in [0.717, 1.165) is 12.1 Å². The van der Waals surface area contributed by atoms with E-state index < -0.39 is 0 Å². The van der Waals surface area contributed by atoms with Crippen LogP contribution in [0.4, 0.5) is 0 Å². The van der Waals surface area contributed by atoms with Crippen LogP contribution in [-0.2, 0) is 0 Å². The molecule has 0 saturated heterocycles. The van der Waals surface area contributed by atoms with Gasteiger partial charge in [0, 0.05) is 6.20 Å². The Morgan fingerprint density at radius 2 is 2.00 bits per heavy atom. The maximum atomic E-state index is 5.80. The van der Waals surface area contributed by atoms with Gasteiger partial charge in [0.25, 0.3) is 0 Å². The molecule has 0 saturated carbocycles. The Morgan fingerprint density at radius 3 is 2.74 bits per heavy atom. The first kappa shape index (κ1) is 13.5. The molecule has 100 valence electrons. The number of pyridine rings is 1. The van der Waals surface area contributed by atoms with Crippen molar-refractivity contribution < 1.29 is 9.47 Å². The Kier molecular flexibility index (Phi) is 4.46. The summed E-state index contributed by atoms with van der Waals surface area (Å²) in [5.74, 6) is 0.561. The van der Waals surface area contributed by atoms with Crippen LogP contribution in [0.1, 0.15) is 19.0 Å². The maximum Gasteiger partial charge on any atom is 0.329 e. The van der Waals surface area contributed by atoms with Gasteiger partial charge in [0.2, 0.25) is 5.28 Å². The van der Waals surface area contributed by atoms with E-state index in [2.05, 4.69) is 19.9 Å². The summed E-state index contributed by atoms with van der Waals surface area (Å²) in [7, 11) is 0. The number of hydrogen-bond acceptors (Lipinski definition) is 6. The molecule has 0 aliphatic rings. The minimum atomic E-state index is 0.0256. The van der Waals surface area contributed by atoms with E-state index in [-0.39, 0.29) is 17.3 Å². The minimum absolute atomic E-state index is 0.0256. The van der Waals surface area contributed by atoms with Crippen molar-refractivity contribution in [3.63, 3.8) is 0 Å². The highest BCUT2D eigenvalue weighted by Gasteiger charge is 2.09. The average Bonchev–Trinajstić information content (AvgIpc) is 2.38. The first-order chi connectivity index (χ1) is 9.19. The Labute approximate surface area is 115 Å². The van der Waals surface area contributed by atoms with Gasteiger partial charge in [-0.1, -0.05) is 6.92 Å². The van der Waals surface area contributed by atoms with Crippen LogP contribution in [0.25, 0.3) is 0 Å². The lowest BCUT2D eigenvalue weighted by atomic mass is 10.3. The lowest BCUT2D eigenvalue weighted by molar-refractivity contribution is 0.284. The molecule has 2 heterocycles. The fourth-order valence-electron chi connectivity index (χ4n) is 1.29. The highest BCUT2D eigenvalue weighted by Crippen LogP contribution is 2.22. The van der Waals surface area contributed by atoms with Crippen LogP contribution in [0.3, 0.4) is 0 Å². The molecule has 6 nitrogen and oxygen atoms in total. The zero-order valence-corrected chi connectivity index (χ0v) is 11.4. The molecule has 0 aliphatic carbocycles. The van der Waals surface area contributed by atoms with Crippen molar-refractivity contribution in [1.29, 1.82) is 0 Å². The Balaban J connectivity index is 2.20. The second-order valence-electron chi connectivity index (χ2n) is 3.71. The standard InChI is InChI=1S/C12H13ClN4O2/c1-3-7-18-11-15-10(13)16-12(17-11)19-9-5-4-6-14-8(9)2/h4-6H,3,7H2,1-2H3. The molecule has 0 amide bonds. The first-order valence-corrected chi connectivity index (χ1v) is 6.20. The van der Waals surface area contributed by atoms with Crippen LogP contribution in [0.2, 0.25) is 5.28 Å². The van der Waals surface area contributed by atoms with Gasteiger partial charge >= 0.3 is 12.0 Å². The van der Waals surface area contributed by atoms with E-state index in [4.69, 9.17) is 21.1 Å². The molecule has 2 aromatic heterocycles. The van der Waals surface area contributed by atoms with Crippen molar-refractivity contribution in [1.82, 2.24) is 19.9 Å². The van der Waals surface area contributed by atoms with Gasteiger partial charge in [0.1, 0.15) is 0 Å². The molecule has 0 aliphatic heterocycles. The number of hydrogen-bond donors (Lipinski definition) is 0. The van der Waals surface area contributed by atoms with Gasteiger partial charge in [-0.2, -0.15) is 9.97 Å². The van der Waals surface area contributed by atoms with Crippen LogP contribution in [-0.4, -0.2) is 26.5 Å². The van der Waals surface area contributed by atoms with E-state index >= 15 is 0 Å². The summed E-state index contributed by atoms with van der Waals surface area (Å²) >= 11 is 5.80. The number of rotatable bonds is 5. The fourth-order valence-corrected chi connectivity index (χ4v) is 1.44. The molecule has 2 aromatic rings. The molecular weight excluding hydrogens is 268 g/mol. The topological polar surface area (TPSA) is 70.0 Å². The molecule has 0 spiro atoms. The lowest BCUT2D eigenvalue weighted by Crippen LogP contribution is -2.03. The number of ether oxygens (including phenoxy) is 2. The zero-order chi connectivity index (χ0) is 13.7. The van der Waals surface area contributed by atoms with Crippen molar-refractivity contribution in [2.24, 2.45) is 0 Å². The predicted molar refractivity (Wildman–Crippen MR) is 69.7 cm³/mol. The zero-order valence-electron chi connectivity index (χ0n) is 10.6. The van der Waals surface area contributed by atoms with Crippen LogP contribution in [0.5, 0.6) is 17.8 Å². The summed E-state index contributed by atoms with van der Waals surface area (Å²) in [5, 5.41) is 0.0256. The van der Waals surface area contributed by atoms with Gasteiger partial charge in [-0.05, 0) is 37.1 Å². The highest BCUT2D eigenvalue weighted by molar-refractivity contribution is 6.28. The largest absolute Gasteiger partial charge is 0.463 e. The van der Waals surface area contributed by atoms with Crippen molar-refractivity contribution in [3.05, 3.63) is 29.3 Å². The second-order valence-corrected chi connectivity index (χ2v) is 4.05. The quantitative estimate of drug-likeness (QED) is 0.839. The van der Waals surface area contributed by atoms with Gasteiger partial charge in [-0.15, -0.1) is 4.98 Å². The Morgan fingerprint density at radius 1 is 1.21 bits per heavy atom. The highest BCUT2D eigenvalue weighted by atomic mass is 35.5. The smallest absolute Gasteiger partial charge is 0.329 e. The Bertz CT molecular complexity index is 565. The summed E-state index contributed by atoms with van der Waals surface area (Å²) in [6, 6.07) is 3.77. The third-order valence-electron chi connectivity index (χ3n) is 2.16. The molecule has 0 fully saturated rings. The van der Waals surface area contributed by atoms with Crippen LogP contribution in [0, 0.1) is 6.92 Å². The maximum absolute atomic E-state index is 5.80. The average molecular weight is 281 g/mol. The number of aromatic nitrogens is 4. The van der Waals surface area contributed by atoms with Crippen LogP contribution < -0.4 is 9.47 Å². The summed E-state index contributed by atoms with van der Waals surface area (Å²) in [6.07, 6.45) is 2.53. The van der Waals surface area contributed by atoms with Crippen molar-refractivity contribution in [3.8, 4) is 17.8 Å². The van der Waals surface area contributed by atoms with Crippen LogP contribution in [0.15, 0.2) is 18.3 Å². The fraction of sp³-hybridized carbons (Fsp3) is 0.333. The van der Waals surface area contributed by atoms with Gasteiger partial charge in [-0.3, -0.25) is 4.98 Å². The monoisotopic (exact) mass is 280 g/mol. The molecule has 0 bridgehead atoms. The Hall–Kier alpha value is -1.95. The van der Waals surface area contributed by atoms with Gasteiger partial charge in [0.15, 0.2) is 5.75 Å². The molecule has 0 radical (unpaired) electrons. The van der Waals surface area contributed by atoms with E-state index in [1.54, 1.807) is 18.3 Å². The van der Waals surface area contributed by atoms with Gasteiger partial charge < -0.3 is 9.47 Å². The third kappa shape index (κ3) is 3.75. The summed E-state index contributed by atoms with van der Waals surface area (Å²) < 4.78 is 10.8. The molecule has 0 unspecified atom stereocenters. The summed E-state index contributed by atoms with van der Waals surface area (Å²) in [5.41, 5.74) is 0.732. The lowest BCUT2D eigenvalue weighted by Gasteiger charge is -2.07. The molecule has 2 rings (SSSR count). The number of nitrogens with zero attached hydrogens (tertiary/aromatic N) is 4. The second kappa shape index (κ2) is 6.29. The molecular formula is C12H13ClN4O2. The van der Waals surface area contributed by atoms with Crippen molar-refractivity contribution in [2.45, 2.75) is 20.3 Å². The number of aryl methyl sites for hydroxylation is 1. The van der Waals surface area contributed by atoms with Gasteiger partial charge in [-0.25, -0.2) is 0 Å². The van der Waals surface area contributed by atoms with Gasteiger partial charge in [0.05, 0.1) is 12.3 Å². The molecule has 7 heteroatoms. The molecule has 19 heavy (non-hydrogen) atoms. The van der Waals surface area contributed by atoms with E-state index in [1.807, 2.05) is 13.8 Å². The van der Waals surface area contributed by atoms with Crippen LogP contribution >= 0.6 is 11.6 Å². The third-order valence-corrected chi connectivity index (χ3v) is 2.33. The molecule has 0 N–H and O–H groups in total. The first-order valence-electron chi connectivity index (χ1n) is 5.83. The van der Waals surface area contributed by atoms with Crippen molar-refractivity contribution >= 4 is 11.6 Å². The molecule has 0 atom stereocenters. The predicted octanol–water partition coefficient (Wildman–Crippen LogP) is 2.81. The SMILES string of the molecule is CCCOc1nc(Cl)nc(Oc2cccnc2C)n1. The van der Waals surface area contributed by atoms with E-state index in [9.17, 15) is 0 Å². The van der Waals surface area contributed by atoms with E-state index in [1.165, 1.54) is 0 Å². The van der Waals surface area contributed by atoms with Crippen molar-refractivity contribution in [2.75, 3.05) is 6.61 Å². The normalized spacial score (nSPS) is 10.3. The van der Waals surface area contributed by atoms with E-state index in [0.29, 0.717) is 12.4 Å². The summed E-state index contributed by atoms with van der Waals surface area (Å²) in [4.78, 5) is 15.9. The minimum Gasteiger partial charge on any atom is -0.463 e. The summed E-state index contributed by atoms with van der Waals surface area (Å²) in [6.45, 7) is 4.32.